The van der Waals surface area contributed by atoms with E-state index in [2.05, 4.69) is 5.10 Å². The Hall–Kier alpha value is -0.890. The molecule has 20 heavy (non-hydrogen) atoms. The van der Waals surface area contributed by atoms with E-state index in [1.165, 1.54) is 6.26 Å². The molecule has 0 amide bonds. The summed E-state index contributed by atoms with van der Waals surface area (Å²) < 4.78 is 25.9. The number of aromatic nitrogens is 2. The Bertz CT molecular complexity index is 595. The number of nitrogen functional groups attached to an aromatic ring is 1. The summed E-state index contributed by atoms with van der Waals surface area (Å²) in [6, 6.07) is 0.135. The van der Waals surface area contributed by atoms with Crippen LogP contribution in [0.1, 0.15) is 25.6 Å². The Morgan fingerprint density at radius 2 is 2.10 bits per heavy atom. The summed E-state index contributed by atoms with van der Waals surface area (Å²) in [5, 5.41) is 3.92. The van der Waals surface area contributed by atoms with Crippen molar-refractivity contribution >= 4 is 33.1 Å². The predicted octanol–water partition coefficient (Wildman–Crippen LogP) is 1.28. The Balaban J connectivity index is 2.53. The highest BCUT2D eigenvalue weighted by Gasteiger charge is 2.35. The van der Waals surface area contributed by atoms with Gasteiger partial charge < -0.3 is 10.6 Å². The maximum atomic E-state index is 12.0. The van der Waals surface area contributed by atoms with Gasteiger partial charge in [-0.05, 0) is 20.8 Å². The van der Waals surface area contributed by atoms with Crippen LogP contribution in [0.5, 0.6) is 0 Å². The molecule has 1 saturated heterocycles. The van der Waals surface area contributed by atoms with Gasteiger partial charge in [0, 0.05) is 30.3 Å². The normalized spacial score (nSPS) is 20.6. The first kappa shape index (κ1) is 15.5. The number of hydrogen-bond acceptors (Lipinski definition) is 6. The first-order valence-electron chi connectivity index (χ1n) is 6.61. The van der Waals surface area contributed by atoms with Crippen molar-refractivity contribution in [3.8, 4) is 0 Å². The van der Waals surface area contributed by atoms with E-state index in [0.717, 1.165) is 17.3 Å². The topological polar surface area (TPSA) is 81.2 Å². The van der Waals surface area contributed by atoms with Gasteiger partial charge >= 0.3 is 0 Å². The van der Waals surface area contributed by atoms with Gasteiger partial charge in [0.1, 0.15) is 5.37 Å². The van der Waals surface area contributed by atoms with Crippen LogP contribution in [-0.2, 0) is 9.84 Å². The van der Waals surface area contributed by atoms with E-state index in [1.54, 1.807) is 11.8 Å². The molecular weight excluding hydrogens is 296 g/mol. The molecular formula is C12H22N4O2S2. The molecule has 6 nitrogen and oxygen atoms in total. The van der Waals surface area contributed by atoms with Crippen LogP contribution in [0.4, 0.5) is 11.5 Å². The van der Waals surface area contributed by atoms with Gasteiger partial charge in [0.2, 0.25) is 0 Å². The third-order valence-electron chi connectivity index (χ3n) is 3.45. The number of rotatable bonds is 3. The van der Waals surface area contributed by atoms with Crippen molar-refractivity contribution in [1.29, 1.82) is 0 Å². The molecule has 1 fully saturated rings. The Morgan fingerprint density at radius 1 is 1.45 bits per heavy atom. The molecule has 0 radical (unpaired) electrons. The van der Waals surface area contributed by atoms with Crippen LogP contribution in [0, 0.1) is 6.92 Å². The highest BCUT2D eigenvalue weighted by atomic mass is 32.2. The SMILES string of the molecule is Cc1nn(C(C)C)c(N2CCSCC2S(C)(=O)=O)c1N. The first-order chi connectivity index (χ1) is 9.23. The van der Waals surface area contributed by atoms with Crippen LogP contribution in [0.25, 0.3) is 0 Å². The number of sulfone groups is 1. The highest BCUT2D eigenvalue weighted by molar-refractivity contribution is 8.01. The van der Waals surface area contributed by atoms with E-state index in [1.807, 2.05) is 30.4 Å². The van der Waals surface area contributed by atoms with Gasteiger partial charge in [-0.1, -0.05) is 0 Å². The molecule has 1 atom stereocenters. The van der Waals surface area contributed by atoms with Crippen molar-refractivity contribution in [3.63, 3.8) is 0 Å². The highest BCUT2D eigenvalue weighted by Crippen LogP contribution is 2.34. The van der Waals surface area contributed by atoms with E-state index in [9.17, 15) is 8.42 Å². The summed E-state index contributed by atoms with van der Waals surface area (Å²) in [7, 11) is -3.16. The van der Waals surface area contributed by atoms with Gasteiger partial charge in [0.05, 0.1) is 11.4 Å². The van der Waals surface area contributed by atoms with Crippen LogP contribution >= 0.6 is 11.8 Å². The molecule has 2 N–H and O–H groups in total. The lowest BCUT2D eigenvalue weighted by molar-refractivity contribution is 0.518. The summed E-state index contributed by atoms with van der Waals surface area (Å²) in [6.45, 7) is 6.56. The first-order valence-corrected chi connectivity index (χ1v) is 9.72. The zero-order chi connectivity index (χ0) is 15.1. The average Bonchev–Trinajstić information content (AvgIpc) is 2.65. The van der Waals surface area contributed by atoms with E-state index in [4.69, 9.17) is 5.73 Å². The number of thioether (sulfide) groups is 1. The lowest BCUT2D eigenvalue weighted by Gasteiger charge is -2.36. The van der Waals surface area contributed by atoms with E-state index in [-0.39, 0.29) is 6.04 Å². The third-order valence-corrected chi connectivity index (χ3v) is 6.09. The van der Waals surface area contributed by atoms with Gasteiger partial charge in [0.15, 0.2) is 15.7 Å². The maximum absolute atomic E-state index is 12.0. The molecule has 1 aliphatic rings. The van der Waals surface area contributed by atoms with E-state index >= 15 is 0 Å². The fourth-order valence-corrected chi connectivity index (χ4v) is 5.19. The minimum atomic E-state index is -3.16. The number of nitrogens with two attached hydrogens (primary N) is 1. The van der Waals surface area contributed by atoms with Gasteiger partial charge in [-0.15, -0.1) is 0 Å². The van der Waals surface area contributed by atoms with Crippen LogP contribution in [0.3, 0.4) is 0 Å². The lowest BCUT2D eigenvalue weighted by Crippen LogP contribution is -2.48. The van der Waals surface area contributed by atoms with Crippen LogP contribution < -0.4 is 10.6 Å². The van der Waals surface area contributed by atoms with Crippen LogP contribution in [-0.4, -0.2) is 47.9 Å². The quantitative estimate of drug-likeness (QED) is 0.904. The predicted molar refractivity (Wildman–Crippen MR) is 85.1 cm³/mol. The largest absolute Gasteiger partial charge is 0.394 e. The van der Waals surface area contributed by atoms with Gasteiger partial charge in [0.25, 0.3) is 0 Å². The zero-order valence-corrected chi connectivity index (χ0v) is 14.0. The average molecular weight is 318 g/mol. The van der Waals surface area contributed by atoms with Gasteiger partial charge in [-0.2, -0.15) is 16.9 Å². The number of anilines is 2. The molecule has 1 unspecified atom stereocenters. The fraction of sp³-hybridized carbons (Fsp3) is 0.750. The maximum Gasteiger partial charge on any atom is 0.169 e. The standard InChI is InChI=1S/C12H22N4O2S2/c1-8(2)16-12(11(13)9(3)14-16)15-5-6-19-7-10(15)20(4,17)18/h8,10H,5-7,13H2,1-4H3. The minimum absolute atomic E-state index is 0.135. The second-order valence-corrected chi connectivity index (χ2v) is 8.77. The summed E-state index contributed by atoms with van der Waals surface area (Å²) in [4.78, 5) is 1.90. The van der Waals surface area contributed by atoms with E-state index < -0.39 is 15.2 Å². The molecule has 1 aliphatic heterocycles. The molecule has 8 heteroatoms. The molecule has 0 spiro atoms. The molecule has 0 saturated carbocycles. The smallest absolute Gasteiger partial charge is 0.169 e. The fourth-order valence-electron chi connectivity index (χ4n) is 2.37. The molecule has 1 aromatic heterocycles. The number of aryl methyl sites for hydroxylation is 1. The Labute approximate surface area is 124 Å². The number of hydrogen-bond donors (Lipinski definition) is 1. The molecule has 2 heterocycles. The zero-order valence-electron chi connectivity index (χ0n) is 12.3. The van der Waals surface area contributed by atoms with Gasteiger partial charge in [-0.25, -0.2) is 13.1 Å². The second-order valence-electron chi connectivity index (χ2n) is 5.41. The summed E-state index contributed by atoms with van der Waals surface area (Å²) in [6.07, 6.45) is 1.29. The van der Waals surface area contributed by atoms with Crippen LogP contribution in [0.2, 0.25) is 0 Å². The Kier molecular flexibility index (Phi) is 4.24. The van der Waals surface area contributed by atoms with Crippen LogP contribution in [0.15, 0.2) is 0 Å². The molecule has 114 valence electrons. The number of nitrogens with zero attached hydrogens (tertiary/aromatic N) is 3. The van der Waals surface area contributed by atoms with Crippen molar-refractivity contribution in [1.82, 2.24) is 9.78 Å². The molecule has 1 aromatic rings. The lowest BCUT2D eigenvalue weighted by atomic mass is 10.3. The summed E-state index contributed by atoms with van der Waals surface area (Å²) >= 11 is 1.66. The minimum Gasteiger partial charge on any atom is -0.394 e. The van der Waals surface area contributed by atoms with E-state index in [0.29, 0.717) is 18.0 Å². The molecule has 0 bridgehead atoms. The van der Waals surface area contributed by atoms with Crippen molar-refractivity contribution in [2.24, 2.45) is 0 Å². The molecule has 0 aliphatic carbocycles. The molecule has 0 aromatic carbocycles. The Morgan fingerprint density at radius 3 is 2.65 bits per heavy atom. The third kappa shape index (κ3) is 2.76. The summed E-state index contributed by atoms with van der Waals surface area (Å²) in [5.74, 6) is 2.21. The molecule has 2 rings (SSSR count). The van der Waals surface area contributed by atoms with Crippen molar-refractivity contribution < 1.29 is 8.42 Å². The van der Waals surface area contributed by atoms with Crippen molar-refractivity contribution in [2.75, 3.05) is 34.9 Å². The monoisotopic (exact) mass is 318 g/mol. The van der Waals surface area contributed by atoms with Crippen molar-refractivity contribution in [3.05, 3.63) is 5.69 Å². The summed E-state index contributed by atoms with van der Waals surface area (Å²) in [5.41, 5.74) is 7.48. The van der Waals surface area contributed by atoms with Crippen molar-refractivity contribution in [2.45, 2.75) is 32.2 Å². The van der Waals surface area contributed by atoms with Gasteiger partial charge in [-0.3, -0.25) is 0 Å². The second kappa shape index (κ2) is 5.48.